The summed E-state index contributed by atoms with van der Waals surface area (Å²) < 4.78 is 26.8. The number of aliphatic hydroxyl groups is 1. The van der Waals surface area contributed by atoms with Crippen LogP contribution in [0.15, 0.2) is 23.1 Å². The van der Waals surface area contributed by atoms with Crippen molar-refractivity contribution in [3.63, 3.8) is 0 Å². The number of methoxy groups -OCH3 is 1. The number of carbonyl (C=O) groups is 1. The van der Waals surface area contributed by atoms with Crippen LogP contribution in [0.2, 0.25) is 0 Å². The molecule has 0 aliphatic heterocycles. The number of hydrogen-bond donors (Lipinski definition) is 2. The van der Waals surface area contributed by atoms with Crippen molar-refractivity contribution in [1.29, 1.82) is 0 Å². The molecule has 0 aliphatic carbocycles. The van der Waals surface area contributed by atoms with Gasteiger partial charge in [-0.15, -0.1) is 0 Å². The fourth-order valence-corrected chi connectivity index (χ4v) is 1.90. The first-order chi connectivity index (χ1) is 7.40. The molecule has 1 aromatic rings. The van der Waals surface area contributed by atoms with Gasteiger partial charge in [0.05, 0.1) is 24.2 Å². The Morgan fingerprint density at radius 1 is 1.50 bits per heavy atom. The highest BCUT2D eigenvalue weighted by Crippen LogP contribution is 2.17. The molecule has 3 N–H and O–H groups in total. The molecule has 16 heavy (non-hydrogen) atoms. The van der Waals surface area contributed by atoms with Crippen molar-refractivity contribution < 1.29 is 23.1 Å². The van der Waals surface area contributed by atoms with E-state index in [1.165, 1.54) is 12.1 Å². The van der Waals surface area contributed by atoms with Gasteiger partial charge in [-0.3, -0.25) is 0 Å². The summed E-state index contributed by atoms with van der Waals surface area (Å²) >= 11 is 0. The molecule has 0 saturated carbocycles. The Morgan fingerprint density at radius 2 is 2.12 bits per heavy atom. The number of rotatable bonds is 3. The third-order valence-corrected chi connectivity index (χ3v) is 2.91. The van der Waals surface area contributed by atoms with Crippen LogP contribution in [0.25, 0.3) is 0 Å². The molecule has 0 saturated heterocycles. The predicted molar refractivity (Wildman–Crippen MR) is 55.1 cm³/mol. The third kappa shape index (κ3) is 2.57. The van der Waals surface area contributed by atoms with Gasteiger partial charge >= 0.3 is 5.97 Å². The van der Waals surface area contributed by atoms with Crippen LogP contribution in [-0.2, 0) is 21.4 Å². The molecule has 1 aromatic carbocycles. The van der Waals surface area contributed by atoms with Crippen LogP contribution in [0.3, 0.4) is 0 Å². The highest BCUT2D eigenvalue weighted by atomic mass is 32.2. The van der Waals surface area contributed by atoms with Gasteiger partial charge in [0.15, 0.2) is 0 Å². The van der Waals surface area contributed by atoms with E-state index in [4.69, 9.17) is 10.2 Å². The SMILES string of the molecule is COC(=O)c1cc(CO)ccc1S(N)(=O)=O. The molecular formula is C9H11NO5S. The monoisotopic (exact) mass is 245 g/mol. The maximum Gasteiger partial charge on any atom is 0.339 e. The van der Waals surface area contributed by atoms with E-state index >= 15 is 0 Å². The first-order valence-corrected chi connectivity index (χ1v) is 5.79. The van der Waals surface area contributed by atoms with Crippen molar-refractivity contribution in [2.75, 3.05) is 7.11 Å². The van der Waals surface area contributed by atoms with Crippen molar-refractivity contribution in [3.8, 4) is 0 Å². The molecule has 0 aromatic heterocycles. The van der Waals surface area contributed by atoms with Crippen molar-refractivity contribution in [2.45, 2.75) is 11.5 Å². The van der Waals surface area contributed by atoms with E-state index in [-0.39, 0.29) is 17.1 Å². The normalized spacial score (nSPS) is 11.2. The molecule has 0 aliphatic rings. The number of primary sulfonamides is 1. The van der Waals surface area contributed by atoms with Gasteiger partial charge in [-0.05, 0) is 17.7 Å². The Kier molecular flexibility index (Phi) is 3.63. The molecule has 0 atom stereocenters. The number of benzene rings is 1. The zero-order chi connectivity index (χ0) is 12.3. The van der Waals surface area contributed by atoms with Gasteiger partial charge < -0.3 is 9.84 Å². The lowest BCUT2D eigenvalue weighted by Gasteiger charge is -2.07. The van der Waals surface area contributed by atoms with Gasteiger partial charge in [-0.1, -0.05) is 6.07 Å². The van der Waals surface area contributed by atoms with Gasteiger partial charge in [0, 0.05) is 0 Å². The summed E-state index contributed by atoms with van der Waals surface area (Å²) in [5.41, 5.74) is 0.212. The van der Waals surface area contributed by atoms with E-state index in [9.17, 15) is 13.2 Å². The second-order valence-electron chi connectivity index (χ2n) is 3.03. The van der Waals surface area contributed by atoms with Gasteiger partial charge in [0.2, 0.25) is 10.0 Å². The van der Waals surface area contributed by atoms with Gasteiger partial charge in [0.25, 0.3) is 0 Å². The lowest BCUT2D eigenvalue weighted by molar-refractivity contribution is 0.0596. The van der Waals surface area contributed by atoms with Gasteiger partial charge in [0.1, 0.15) is 0 Å². The maximum atomic E-state index is 11.3. The summed E-state index contributed by atoms with van der Waals surface area (Å²) in [6.45, 7) is -0.311. The topological polar surface area (TPSA) is 107 Å². The lowest BCUT2D eigenvalue weighted by Crippen LogP contribution is -2.17. The fraction of sp³-hybridized carbons (Fsp3) is 0.222. The largest absolute Gasteiger partial charge is 0.465 e. The average Bonchev–Trinajstić information content (AvgIpc) is 2.25. The molecule has 0 unspecified atom stereocenters. The highest BCUT2D eigenvalue weighted by Gasteiger charge is 2.20. The number of ether oxygens (including phenoxy) is 1. The molecule has 0 radical (unpaired) electrons. The van der Waals surface area contributed by atoms with Crippen LogP contribution in [-0.4, -0.2) is 26.6 Å². The first kappa shape index (κ1) is 12.6. The molecule has 7 heteroatoms. The van der Waals surface area contributed by atoms with E-state index in [0.29, 0.717) is 5.56 Å². The lowest BCUT2D eigenvalue weighted by atomic mass is 10.1. The van der Waals surface area contributed by atoms with Crippen LogP contribution in [0.4, 0.5) is 0 Å². The average molecular weight is 245 g/mol. The standard InChI is InChI=1S/C9H11NO5S/c1-15-9(12)7-4-6(5-11)2-3-8(7)16(10,13)14/h2-4,11H,5H2,1H3,(H2,10,13,14). The van der Waals surface area contributed by atoms with Crippen LogP contribution < -0.4 is 5.14 Å². The minimum absolute atomic E-state index is 0.184. The Labute approximate surface area is 92.7 Å². The predicted octanol–water partition coefficient (Wildman–Crippen LogP) is -0.387. The van der Waals surface area contributed by atoms with Gasteiger partial charge in [-0.2, -0.15) is 0 Å². The molecule has 1 rings (SSSR count). The summed E-state index contributed by atoms with van der Waals surface area (Å²) in [6, 6.07) is 3.75. The molecular weight excluding hydrogens is 234 g/mol. The molecule has 0 fully saturated rings. The van der Waals surface area contributed by atoms with Crippen LogP contribution in [0.1, 0.15) is 15.9 Å². The molecule has 88 valence electrons. The van der Waals surface area contributed by atoms with Gasteiger partial charge in [-0.25, -0.2) is 18.4 Å². The number of aliphatic hydroxyl groups excluding tert-OH is 1. The second-order valence-corrected chi connectivity index (χ2v) is 4.56. The summed E-state index contributed by atoms with van der Waals surface area (Å²) in [5, 5.41) is 13.8. The molecule has 0 amide bonds. The Balaban J connectivity index is 3.45. The van der Waals surface area contributed by atoms with Crippen LogP contribution in [0, 0.1) is 0 Å². The van der Waals surface area contributed by atoms with E-state index in [2.05, 4.69) is 4.74 Å². The summed E-state index contributed by atoms with van der Waals surface area (Å²) in [7, 11) is -2.87. The summed E-state index contributed by atoms with van der Waals surface area (Å²) in [4.78, 5) is 11.0. The van der Waals surface area contributed by atoms with Crippen LogP contribution >= 0.6 is 0 Å². The van der Waals surface area contributed by atoms with E-state index in [1.807, 2.05) is 0 Å². The van der Waals surface area contributed by atoms with E-state index in [1.54, 1.807) is 0 Å². The zero-order valence-electron chi connectivity index (χ0n) is 8.50. The minimum Gasteiger partial charge on any atom is -0.465 e. The molecule has 6 nitrogen and oxygen atoms in total. The number of nitrogens with two attached hydrogens (primary N) is 1. The van der Waals surface area contributed by atoms with E-state index < -0.39 is 16.0 Å². The summed E-state index contributed by atoms with van der Waals surface area (Å²) in [6.07, 6.45) is 0. The number of sulfonamides is 1. The molecule has 0 bridgehead atoms. The quantitative estimate of drug-likeness (QED) is 0.705. The number of hydrogen-bond acceptors (Lipinski definition) is 5. The Bertz CT molecular complexity index is 509. The van der Waals surface area contributed by atoms with Crippen molar-refractivity contribution >= 4 is 16.0 Å². The first-order valence-electron chi connectivity index (χ1n) is 4.25. The van der Waals surface area contributed by atoms with Crippen molar-refractivity contribution in [1.82, 2.24) is 0 Å². The minimum atomic E-state index is -4.00. The Hall–Kier alpha value is -1.44. The smallest absolute Gasteiger partial charge is 0.339 e. The Morgan fingerprint density at radius 3 is 2.56 bits per heavy atom. The number of esters is 1. The maximum absolute atomic E-state index is 11.3. The van der Waals surface area contributed by atoms with E-state index in [0.717, 1.165) is 13.2 Å². The van der Waals surface area contributed by atoms with Crippen LogP contribution in [0.5, 0.6) is 0 Å². The fourth-order valence-electron chi connectivity index (χ4n) is 1.19. The number of carbonyl (C=O) groups excluding carboxylic acids is 1. The zero-order valence-corrected chi connectivity index (χ0v) is 9.32. The molecule has 0 heterocycles. The highest BCUT2D eigenvalue weighted by molar-refractivity contribution is 7.89. The summed E-state index contributed by atoms with van der Waals surface area (Å²) in [5.74, 6) is -0.820. The van der Waals surface area contributed by atoms with Crippen molar-refractivity contribution in [3.05, 3.63) is 29.3 Å². The second kappa shape index (κ2) is 4.60. The van der Waals surface area contributed by atoms with Crippen molar-refractivity contribution in [2.24, 2.45) is 5.14 Å². The third-order valence-electron chi connectivity index (χ3n) is 1.94. The molecule has 0 spiro atoms.